The van der Waals surface area contributed by atoms with E-state index in [0.29, 0.717) is 22.9 Å². The first-order valence-corrected chi connectivity index (χ1v) is 7.44. The molecule has 0 amide bonds. The normalized spacial score (nSPS) is 14.6. The summed E-state index contributed by atoms with van der Waals surface area (Å²) in [6.45, 7) is 2.50. The largest absolute Gasteiger partial charge is 0.494 e. The molecule has 0 bridgehead atoms. The Morgan fingerprint density at radius 2 is 2.05 bits per heavy atom. The summed E-state index contributed by atoms with van der Waals surface area (Å²) < 4.78 is 6.73. The van der Waals surface area contributed by atoms with Gasteiger partial charge in [-0.25, -0.2) is 9.97 Å². The molecule has 0 radical (unpaired) electrons. The number of aromatic nitrogens is 4. The molecule has 4 rings (SSSR count). The Morgan fingerprint density at radius 3 is 2.68 bits per heavy atom. The Balaban J connectivity index is 0.000000202. The number of nitrogen functional groups attached to an aromatic ring is 1. The minimum atomic E-state index is 0.296. The number of ether oxygens (including phenoxy) is 1. The van der Waals surface area contributed by atoms with E-state index in [1.807, 2.05) is 18.2 Å². The minimum absolute atomic E-state index is 0.296. The maximum absolute atomic E-state index is 5.78. The van der Waals surface area contributed by atoms with Crippen molar-refractivity contribution in [2.75, 3.05) is 25.9 Å². The first-order chi connectivity index (χ1) is 10.8. The van der Waals surface area contributed by atoms with Crippen LogP contribution in [0.3, 0.4) is 0 Å². The molecule has 3 aromatic rings. The van der Waals surface area contributed by atoms with E-state index in [1.165, 1.54) is 43.2 Å². The smallest absolute Gasteiger partial charge is 0.223 e. The lowest BCUT2D eigenvalue weighted by molar-refractivity contribution is 0.419. The molecule has 0 saturated carbocycles. The molecule has 1 aliphatic rings. The van der Waals surface area contributed by atoms with Gasteiger partial charge in [-0.05, 0) is 38.1 Å². The van der Waals surface area contributed by atoms with Gasteiger partial charge in [-0.1, -0.05) is 12.5 Å². The van der Waals surface area contributed by atoms with Crippen LogP contribution in [0.5, 0.6) is 5.75 Å². The van der Waals surface area contributed by atoms with E-state index in [4.69, 9.17) is 10.5 Å². The average molecular weight is 300 g/mol. The Morgan fingerprint density at radius 1 is 1.23 bits per heavy atom. The van der Waals surface area contributed by atoms with Gasteiger partial charge in [0.15, 0.2) is 5.65 Å². The van der Waals surface area contributed by atoms with Crippen molar-refractivity contribution in [2.24, 2.45) is 0 Å². The standard InChI is InChI=1S/C10H9N5O.C5H11N/c1-16-7-4-2-3-6-8(7)14-10(11)15-9(6)12-5-13-15;1-2-4-6-5-3-1/h2-5H,1H3,(H2,11,14);6H,1-5H2. The molecule has 0 unspecified atom stereocenters. The topological polar surface area (TPSA) is 90.4 Å². The maximum atomic E-state index is 5.78. The third kappa shape index (κ3) is 2.80. The summed E-state index contributed by atoms with van der Waals surface area (Å²) >= 11 is 0. The van der Waals surface area contributed by atoms with Gasteiger partial charge in [-0.2, -0.15) is 9.61 Å². The highest BCUT2D eigenvalue weighted by Gasteiger charge is 2.10. The Labute approximate surface area is 128 Å². The third-order valence-corrected chi connectivity index (χ3v) is 3.66. The number of anilines is 1. The van der Waals surface area contributed by atoms with E-state index in [0.717, 1.165) is 5.39 Å². The molecule has 3 N–H and O–H groups in total. The maximum Gasteiger partial charge on any atom is 0.223 e. The number of nitrogens with two attached hydrogens (primary N) is 1. The highest BCUT2D eigenvalue weighted by molar-refractivity contribution is 5.95. The molecule has 0 aliphatic carbocycles. The predicted octanol–water partition coefficient (Wildman–Crippen LogP) is 1.63. The van der Waals surface area contributed by atoms with Crippen LogP contribution in [-0.4, -0.2) is 39.8 Å². The van der Waals surface area contributed by atoms with Crippen LogP contribution in [0.25, 0.3) is 16.6 Å². The fourth-order valence-electron chi connectivity index (χ4n) is 2.54. The van der Waals surface area contributed by atoms with E-state index in [1.54, 1.807) is 7.11 Å². The molecule has 1 aromatic carbocycles. The van der Waals surface area contributed by atoms with Crippen LogP contribution in [-0.2, 0) is 0 Å². The van der Waals surface area contributed by atoms with Crippen molar-refractivity contribution in [3.8, 4) is 5.75 Å². The number of benzene rings is 1. The molecule has 0 atom stereocenters. The van der Waals surface area contributed by atoms with Gasteiger partial charge in [0, 0.05) is 5.39 Å². The Kier molecular flexibility index (Phi) is 4.34. The lowest BCUT2D eigenvalue weighted by Crippen LogP contribution is -2.21. The average Bonchev–Trinajstić information content (AvgIpc) is 3.07. The second kappa shape index (κ2) is 6.57. The molecule has 116 valence electrons. The number of nitrogens with one attached hydrogen (secondary N) is 1. The highest BCUT2D eigenvalue weighted by Crippen LogP contribution is 2.26. The zero-order valence-electron chi connectivity index (χ0n) is 12.6. The van der Waals surface area contributed by atoms with Gasteiger partial charge in [0.2, 0.25) is 5.95 Å². The lowest BCUT2D eigenvalue weighted by atomic mass is 10.2. The van der Waals surface area contributed by atoms with Gasteiger partial charge in [0.25, 0.3) is 0 Å². The Bertz CT molecular complexity index is 754. The molecule has 7 heteroatoms. The number of fused-ring (bicyclic) bond motifs is 3. The second-order valence-electron chi connectivity index (χ2n) is 5.13. The molecule has 1 aliphatic heterocycles. The Hall–Kier alpha value is -2.41. The molecular weight excluding hydrogens is 280 g/mol. The van der Waals surface area contributed by atoms with Crippen molar-refractivity contribution in [3.63, 3.8) is 0 Å². The van der Waals surface area contributed by atoms with Gasteiger partial charge in [0.1, 0.15) is 17.6 Å². The van der Waals surface area contributed by atoms with E-state index in [-0.39, 0.29) is 0 Å². The molecule has 1 saturated heterocycles. The zero-order chi connectivity index (χ0) is 15.4. The fourth-order valence-corrected chi connectivity index (χ4v) is 2.54. The SMILES string of the molecule is C1CCNCC1.COc1cccc2c1nc(N)n1ncnc21. The monoisotopic (exact) mass is 300 g/mol. The number of para-hydroxylation sites is 1. The van der Waals surface area contributed by atoms with Crippen LogP contribution >= 0.6 is 0 Å². The summed E-state index contributed by atoms with van der Waals surface area (Å²) in [5.41, 5.74) is 7.16. The fraction of sp³-hybridized carbons (Fsp3) is 0.400. The van der Waals surface area contributed by atoms with Crippen molar-refractivity contribution >= 4 is 22.5 Å². The van der Waals surface area contributed by atoms with Crippen LogP contribution < -0.4 is 15.8 Å². The van der Waals surface area contributed by atoms with Crippen LogP contribution in [0, 0.1) is 0 Å². The minimum Gasteiger partial charge on any atom is -0.494 e. The van der Waals surface area contributed by atoms with Crippen LogP contribution in [0.4, 0.5) is 5.95 Å². The molecule has 1 fully saturated rings. The lowest BCUT2D eigenvalue weighted by Gasteiger charge is -2.08. The van der Waals surface area contributed by atoms with Gasteiger partial charge < -0.3 is 15.8 Å². The number of rotatable bonds is 1. The number of piperidine rings is 1. The first-order valence-electron chi connectivity index (χ1n) is 7.44. The molecular formula is C15H20N6O. The van der Waals surface area contributed by atoms with Crippen LogP contribution in [0.2, 0.25) is 0 Å². The van der Waals surface area contributed by atoms with E-state index >= 15 is 0 Å². The second-order valence-corrected chi connectivity index (χ2v) is 5.13. The predicted molar refractivity (Wildman–Crippen MR) is 86.0 cm³/mol. The van der Waals surface area contributed by atoms with Gasteiger partial charge >= 0.3 is 0 Å². The number of hydrogen-bond acceptors (Lipinski definition) is 6. The summed E-state index contributed by atoms with van der Waals surface area (Å²) in [4.78, 5) is 8.42. The van der Waals surface area contributed by atoms with Crippen molar-refractivity contribution in [1.29, 1.82) is 0 Å². The quantitative estimate of drug-likeness (QED) is 0.710. The first kappa shape index (κ1) is 14.5. The van der Waals surface area contributed by atoms with Crippen molar-refractivity contribution < 1.29 is 4.74 Å². The summed E-state index contributed by atoms with van der Waals surface area (Å²) in [6, 6.07) is 5.63. The molecule has 7 nitrogen and oxygen atoms in total. The summed E-state index contributed by atoms with van der Waals surface area (Å²) in [7, 11) is 1.60. The molecule has 0 spiro atoms. The molecule has 22 heavy (non-hydrogen) atoms. The van der Waals surface area contributed by atoms with E-state index in [2.05, 4.69) is 20.4 Å². The van der Waals surface area contributed by atoms with Gasteiger partial charge in [-0.3, -0.25) is 0 Å². The van der Waals surface area contributed by atoms with Crippen molar-refractivity contribution in [3.05, 3.63) is 24.5 Å². The molecule has 2 aromatic heterocycles. The number of methoxy groups -OCH3 is 1. The number of nitrogens with zero attached hydrogens (tertiary/aromatic N) is 4. The van der Waals surface area contributed by atoms with Gasteiger partial charge in [-0.15, -0.1) is 0 Å². The van der Waals surface area contributed by atoms with Gasteiger partial charge in [0.05, 0.1) is 7.11 Å². The van der Waals surface area contributed by atoms with Crippen LogP contribution in [0.15, 0.2) is 24.5 Å². The number of hydrogen-bond donors (Lipinski definition) is 2. The van der Waals surface area contributed by atoms with Crippen molar-refractivity contribution in [2.45, 2.75) is 19.3 Å². The highest BCUT2D eigenvalue weighted by atomic mass is 16.5. The summed E-state index contributed by atoms with van der Waals surface area (Å²) in [5.74, 6) is 0.971. The van der Waals surface area contributed by atoms with Crippen LogP contribution in [0.1, 0.15) is 19.3 Å². The van der Waals surface area contributed by atoms with Crippen molar-refractivity contribution in [1.82, 2.24) is 24.9 Å². The third-order valence-electron chi connectivity index (χ3n) is 3.66. The molecule has 3 heterocycles. The van der Waals surface area contributed by atoms with E-state index < -0.39 is 0 Å². The zero-order valence-corrected chi connectivity index (χ0v) is 12.6. The summed E-state index contributed by atoms with van der Waals surface area (Å²) in [6.07, 6.45) is 5.67. The van der Waals surface area contributed by atoms with E-state index in [9.17, 15) is 0 Å². The summed E-state index contributed by atoms with van der Waals surface area (Å²) in [5, 5.41) is 8.15.